The number of urea groups is 1. The quantitative estimate of drug-likeness (QED) is 0.712. The lowest BCUT2D eigenvalue weighted by Gasteiger charge is -2.18. The van der Waals surface area contributed by atoms with E-state index in [2.05, 4.69) is 10.3 Å². The normalized spacial score (nSPS) is 16.5. The molecular weight excluding hydrogens is 380 g/mol. The molecule has 1 N–H and O–H groups in total. The van der Waals surface area contributed by atoms with Crippen LogP contribution in [0.3, 0.4) is 0 Å². The van der Waals surface area contributed by atoms with Crippen LogP contribution in [-0.2, 0) is 11.3 Å². The number of halogens is 2. The largest absolute Gasteiger partial charge is 0.383 e. The fourth-order valence-electron chi connectivity index (χ4n) is 3.63. The van der Waals surface area contributed by atoms with E-state index < -0.39 is 17.7 Å². The van der Waals surface area contributed by atoms with E-state index in [1.54, 1.807) is 18.2 Å². The summed E-state index contributed by atoms with van der Waals surface area (Å²) in [6.07, 6.45) is 2.44. The van der Waals surface area contributed by atoms with Crippen LogP contribution in [0.15, 0.2) is 36.5 Å². The van der Waals surface area contributed by atoms with Crippen LogP contribution < -0.4 is 5.32 Å². The van der Waals surface area contributed by atoms with Crippen molar-refractivity contribution in [1.29, 1.82) is 0 Å². The van der Waals surface area contributed by atoms with E-state index in [9.17, 15) is 13.6 Å². The zero-order valence-corrected chi connectivity index (χ0v) is 15.9. The summed E-state index contributed by atoms with van der Waals surface area (Å²) in [5.74, 6) is -0.421. The summed E-state index contributed by atoms with van der Waals surface area (Å²) in [5, 5.41) is 2.45. The molecule has 9 heteroatoms. The molecule has 1 fully saturated rings. The van der Waals surface area contributed by atoms with Gasteiger partial charge in [0, 0.05) is 44.9 Å². The summed E-state index contributed by atoms with van der Waals surface area (Å²) in [7, 11) is 1.64. The molecule has 1 aliphatic rings. The highest BCUT2D eigenvalue weighted by atomic mass is 19.1. The van der Waals surface area contributed by atoms with Gasteiger partial charge in [-0.25, -0.2) is 23.5 Å². The zero-order valence-electron chi connectivity index (χ0n) is 15.9. The number of benzene rings is 1. The number of nitrogens with zero attached hydrogens (tertiary/aromatic N) is 4. The van der Waals surface area contributed by atoms with E-state index in [1.165, 1.54) is 0 Å². The summed E-state index contributed by atoms with van der Waals surface area (Å²) in [6.45, 7) is 2.05. The van der Waals surface area contributed by atoms with E-state index in [0.29, 0.717) is 26.2 Å². The number of carbonyl (C=O) groups is 1. The van der Waals surface area contributed by atoms with E-state index >= 15 is 0 Å². The van der Waals surface area contributed by atoms with Crippen molar-refractivity contribution in [2.24, 2.45) is 0 Å². The summed E-state index contributed by atoms with van der Waals surface area (Å²) in [4.78, 5) is 23.3. The van der Waals surface area contributed by atoms with Gasteiger partial charge in [-0.1, -0.05) is 0 Å². The van der Waals surface area contributed by atoms with Gasteiger partial charge in [0.15, 0.2) is 5.65 Å². The van der Waals surface area contributed by atoms with Crippen LogP contribution in [0, 0.1) is 11.6 Å². The first kappa shape index (κ1) is 19.3. The number of likely N-dealkylation sites (tertiary alicyclic amines) is 1. The smallest absolute Gasteiger partial charge is 0.321 e. The highest BCUT2D eigenvalue weighted by Crippen LogP contribution is 2.29. The van der Waals surface area contributed by atoms with Gasteiger partial charge in [0.1, 0.15) is 23.0 Å². The minimum atomic E-state index is -0.678. The number of amides is 2. The molecule has 4 rings (SSSR count). The minimum Gasteiger partial charge on any atom is -0.383 e. The monoisotopic (exact) mass is 401 g/mol. The Hall–Kier alpha value is -3.07. The zero-order chi connectivity index (χ0) is 20.4. The van der Waals surface area contributed by atoms with Crippen molar-refractivity contribution in [1.82, 2.24) is 19.4 Å². The molecule has 1 atom stereocenters. The molecule has 0 bridgehead atoms. The van der Waals surface area contributed by atoms with Crippen molar-refractivity contribution in [2.75, 3.05) is 32.1 Å². The first-order chi connectivity index (χ1) is 14.1. The van der Waals surface area contributed by atoms with Crippen LogP contribution in [0.5, 0.6) is 0 Å². The minimum absolute atomic E-state index is 0.0177. The van der Waals surface area contributed by atoms with Crippen LogP contribution in [0.25, 0.3) is 11.2 Å². The molecule has 2 aromatic heterocycles. The fraction of sp³-hybridized carbons (Fsp3) is 0.350. The summed E-state index contributed by atoms with van der Waals surface area (Å²) in [6, 6.07) is 6.24. The Bertz CT molecular complexity index is 1040. The second-order valence-corrected chi connectivity index (χ2v) is 6.95. The molecule has 0 unspecified atom stereocenters. The van der Waals surface area contributed by atoms with Crippen molar-refractivity contribution in [2.45, 2.75) is 18.9 Å². The Morgan fingerprint density at radius 3 is 3.03 bits per heavy atom. The number of anilines is 1. The fourth-order valence-corrected chi connectivity index (χ4v) is 3.63. The first-order valence-corrected chi connectivity index (χ1v) is 9.38. The van der Waals surface area contributed by atoms with E-state index in [0.717, 1.165) is 41.6 Å². The molecule has 0 spiro atoms. The lowest BCUT2D eigenvalue weighted by Crippen LogP contribution is -2.33. The van der Waals surface area contributed by atoms with Gasteiger partial charge in [-0.15, -0.1) is 0 Å². The number of hydrogen-bond donors (Lipinski definition) is 1. The highest BCUT2D eigenvalue weighted by Gasteiger charge is 2.31. The Balaban J connectivity index is 1.52. The first-order valence-electron chi connectivity index (χ1n) is 9.38. The highest BCUT2D eigenvalue weighted by molar-refractivity contribution is 5.89. The van der Waals surface area contributed by atoms with Gasteiger partial charge in [0.05, 0.1) is 12.3 Å². The maximum atomic E-state index is 13.8. The molecule has 0 saturated carbocycles. The average molecular weight is 401 g/mol. The molecule has 3 heterocycles. The van der Waals surface area contributed by atoms with Gasteiger partial charge in [0.25, 0.3) is 0 Å². The maximum Gasteiger partial charge on any atom is 0.321 e. The molecule has 1 aromatic carbocycles. The van der Waals surface area contributed by atoms with Crippen molar-refractivity contribution in [3.05, 3.63) is 54.0 Å². The van der Waals surface area contributed by atoms with E-state index in [1.807, 2.05) is 16.7 Å². The van der Waals surface area contributed by atoms with Gasteiger partial charge in [-0.2, -0.15) is 0 Å². The summed E-state index contributed by atoms with van der Waals surface area (Å²) in [5.41, 5.74) is 1.41. The molecular formula is C20H21F2N5O2. The van der Waals surface area contributed by atoms with Gasteiger partial charge in [-0.3, -0.25) is 0 Å². The number of methoxy groups -OCH3 is 1. The molecule has 3 aromatic rings. The second-order valence-electron chi connectivity index (χ2n) is 6.95. The molecule has 152 valence electrons. The van der Waals surface area contributed by atoms with Gasteiger partial charge < -0.3 is 19.5 Å². The number of carbonyl (C=O) groups excluding carboxylic acids is 1. The Morgan fingerprint density at radius 2 is 2.21 bits per heavy atom. The van der Waals surface area contributed by atoms with Gasteiger partial charge >= 0.3 is 6.03 Å². The van der Waals surface area contributed by atoms with Crippen molar-refractivity contribution < 1.29 is 18.3 Å². The van der Waals surface area contributed by atoms with Crippen LogP contribution in [0.1, 0.15) is 18.2 Å². The van der Waals surface area contributed by atoms with Crippen molar-refractivity contribution in [3.63, 3.8) is 0 Å². The Morgan fingerprint density at radius 1 is 1.34 bits per heavy atom. The van der Waals surface area contributed by atoms with E-state index in [-0.39, 0.29) is 11.6 Å². The predicted molar refractivity (Wildman–Crippen MR) is 104 cm³/mol. The molecule has 7 nitrogen and oxygen atoms in total. The third-order valence-corrected chi connectivity index (χ3v) is 5.06. The number of ether oxygens (including phenoxy) is 1. The number of aromatic nitrogens is 3. The predicted octanol–water partition coefficient (Wildman–Crippen LogP) is 3.38. The van der Waals surface area contributed by atoms with Crippen LogP contribution >= 0.6 is 0 Å². The number of nitrogens with one attached hydrogen (secondary N) is 1. The van der Waals surface area contributed by atoms with Crippen molar-refractivity contribution >= 4 is 22.9 Å². The molecule has 2 amide bonds. The van der Waals surface area contributed by atoms with Crippen LogP contribution in [0.4, 0.5) is 19.3 Å². The number of imidazole rings is 1. The lowest BCUT2D eigenvalue weighted by molar-refractivity contribution is 0.186. The molecule has 29 heavy (non-hydrogen) atoms. The SMILES string of the molecule is COCCn1c([C@H]2CCN(C(=O)Nc3cc(F)ccc3F)C2)nc2cccnc21. The van der Waals surface area contributed by atoms with Crippen LogP contribution in [-0.4, -0.2) is 52.3 Å². The standard InChI is InChI=1S/C20H21F2N5O2/c1-29-10-9-27-18(24-16-3-2-7-23-19(16)27)13-6-8-26(12-13)20(28)25-17-11-14(21)4-5-15(17)22/h2-5,7,11,13H,6,8-10,12H2,1H3,(H,25,28)/t13-/m0/s1. The van der Waals surface area contributed by atoms with E-state index in [4.69, 9.17) is 9.72 Å². The number of hydrogen-bond acceptors (Lipinski definition) is 4. The summed E-state index contributed by atoms with van der Waals surface area (Å²) >= 11 is 0. The lowest BCUT2D eigenvalue weighted by atomic mass is 10.1. The number of fused-ring (bicyclic) bond motifs is 1. The van der Waals surface area contributed by atoms with Gasteiger partial charge in [0.2, 0.25) is 0 Å². The average Bonchev–Trinajstić information content (AvgIpc) is 3.34. The number of pyridine rings is 1. The second kappa shape index (κ2) is 8.12. The molecule has 1 aliphatic heterocycles. The molecule has 0 radical (unpaired) electrons. The third-order valence-electron chi connectivity index (χ3n) is 5.06. The Labute approximate surface area is 166 Å². The maximum absolute atomic E-state index is 13.8. The molecule has 0 aliphatic carbocycles. The summed E-state index contributed by atoms with van der Waals surface area (Å²) < 4.78 is 34.4. The third kappa shape index (κ3) is 3.91. The topological polar surface area (TPSA) is 72.3 Å². The van der Waals surface area contributed by atoms with Crippen molar-refractivity contribution in [3.8, 4) is 0 Å². The number of rotatable bonds is 5. The van der Waals surface area contributed by atoms with Crippen LogP contribution in [0.2, 0.25) is 0 Å². The molecule has 1 saturated heterocycles. The van der Waals surface area contributed by atoms with Gasteiger partial charge in [-0.05, 0) is 30.7 Å². The Kier molecular flexibility index (Phi) is 5.39.